The average molecular weight is 271 g/mol. The van der Waals surface area contributed by atoms with Gasteiger partial charge in [-0.25, -0.2) is 13.1 Å². The summed E-state index contributed by atoms with van der Waals surface area (Å²) < 4.78 is 23.8. The molecule has 0 unspecified atom stereocenters. The van der Waals surface area contributed by atoms with E-state index in [4.69, 9.17) is 5.73 Å². The molecule has 0 saturated heterocycles. The van der Waals surface area contributed by atoms with Gasteiger partial charge in [-0.3, -0.25) is 4.79 Å². The van der Waals surface area contributed by atoms with Crippen molar-refractivity contribution in [3.05, 3.63) is 29.8 Å². The van der Waals surface area contributed by atoms with Crippen LogP contribution in [0, 0.1) is 0 Å². The maximum Gasteiger partial charge on any atom is 0.224 e. The van der Waals surface area contributed by atoms with Crippen LogP contribution in [0.3, 0.4) is 0 Å². The van der Waals surface area contributed by atoms with Crippen molar-refractivity contribution in [1.29, 1.82) is 0 Å². The molecule has 18 heavy (non-hydrogen) atoms. The molecular weight excluding hydrogens is 254 g/mol. The Balaban J connectivity index is 2.30. The summed E-state index contributed by atoms with van der Waals surface area (Å²) in [6, 6.07) is 7.07. The fourth-order valence-corrected chi connectivity index (χ4v) is 1.86. The minimum atomic E-state index is -3.20. The highest BCUT2D eigenvalue weighted by Gasteiger charge is 2.04. The third-order valence-electron chi connectivity index (χ3n) is 2.13. The quantitative estimate of drug-likeness (QED) is 0.478. The topological polar surface area (TPSA) is 101 Å². The van der Waals surface area contributed by atoms with E-state index >= 15 is 0 Å². The molecule has 0 radical (unpaired) electrons. The Morgan fingerprint density at radius 1 is 1.33 bits per heavy atom. The molecule has 0 aromatic heterocycles. The summed E-state index contributed by atoms with van der Waals surface area (Å²) in [4.78, 5) is 11.5. The summed E-state index contributed by atoms with van der Waals surface area (Å²) in [6.45, 7) is 0.440. The van der Waals surface area contributed by atoms with E-state index in [1.54, 1.807) is 18.2 Å². The number of nitrogens with one attached hydrogen (secondary N) is 2. The predicted molar refractivity (Wildman–Crippen MR) is 70.4 cm³/mol. The number of rotatable bonds is 6. The molecule has 1 aromatic rings. The SMILES string of the molecule is CS(=O)(=O)NCCNC(=O)Cc1cccc(N)c1. The molecule has 0 atom stereocenters. The van der Waals surface area contributed by atoms with E-state index in [1.807, 2.05) is 6.07 Å². The summed E-state index contributed by atoms with van der Waals surface area (Å²) in [5.41, 5.74) is 7.03. The van der Waals surface area contributed by atoms with Crippen molar-refractivity contribution in [3.8, 4) is 0 Å². The summed E-state index contributed by atoms with van der Waals surface area (Å²) >= 11 is 0. The standard InChI is InChI=1S/C11H17N3O3S/c1-18(16,17)14-6-5-13-11(15)8-9-3-2-4-10(12)7-9/h2-4,7,14H,5-6,8,12H2,1H3,(H,13,15). The number of benzene rings is 1. The van der Waals surface area contributed by atoms with Gasteiger partial charge in [-0.05, 0) is 17.7 Å². The fraction of sp³-hybridized carbons (Fsp3) is 0.364. The lowest BCUT2D eigenvalue weighted by Crippen LogP contribution is -2.34. The van der Waals surface area contributed by atoms with Crippen LogP contribution in [-0.2, 0) is 21.2 Å². The van der Waals surface area contributed by atoms with Gasteiger partial charge in [-0.15, -0.1) is 0 Å². The van der Waals surface area contributed by atoms with Gasteiger partial charge in [0.05, 0.1) is 12.7 Å². The second-order valence-corrected chi connectivity index (χ2v) is 5.77. The van der Waals surface area contributed by atoms with E-state index < -0.39 is 10.0 Å². The summed E-state index contributed by atoms with van der Waals surface area (Å²) in [5, 5.41) is 2.62. The van der Waals surface area contributed by atoms with Gasteiger partial charge < -0.3 is 11.1 Å². The molecule has 100 valence electrons. The van der Waals surface area contributed by atoms with Gasteiger partial charge >= 0.3 is 0 Å². The van der Waals surface area contributed by atoms with E-state index in [-0.39, 0.29) is 25.4 Å². The van der Waals surface area contributed by atoms with Gasteiger partial charge in [0.25, 0.3) is 0 Å². The number of nitrogens with two attached hydrogens (primary N) is 1. The van der Waals surface area contributed by atoms with Crippen molar-refractivity contribution >= 4 is 21.6 Å². The van der Waals surface area contributed by atoms with E-state index in [0.29, 0.717) is 5.69 Å². The Hall–Kier alpha value is -1.60. The van der Waals surface area contributed by atoms with Crippen LogP contribution in [0.1, 0.15) is 5.56 Å². The van der Waals surface area contributed by atoms with Crippen LogP contribution < -0.4 is 15.8 Å². The first kappa shape index (κ1) is 14.5. The van der Waals surface area contributed by atoms with Crippen LogP contribution >= 0.6 is 0 Å². The van der Waals surface area contributed by atoms with Crippen LogP contribution in [0.5, 0.6) is 0 Å². The molecule has 1 amide bonds. The second-order valence-electron chi connectivity index (χ2n) is 3.94. The molecule has 0 fully saturated rings. The van der Waals surface area contributed by atoms with Crippen LogP contribution in [0.15, 0.2) is 24.3 Å². The smallest absolute Gasteiger partial charge is 0.224 e. The molecule has 0 aliphatic carbocycles. The van der Waals surface area contributed by atoms with Crippen LogP contribution in [0.25, 0.3) is 0 Å². The third-order valence-corrected chi connectivity index (χ3v) is 2.86. The lowest BCUT2D eigenvalue weighted by atomic mass is 10.1. The van der Waals surface area contributed by atoms with Crippen molar-refractivity contribution in [2.75, 3.05) is 25.1 Å². The van der Waals surface area contributed by atoms with Gasteiger partial charge in [-0.1, -0.05) is 12.1 Å². The number of carbonyl (C=O) groups excluding carboxylic acids is 1. The number of sulfonamides is 1. The molecule has 1 rings (SSSR count). The molecular formula is C11H17N3O3S. The molecule has 0 aliphatic heterocycles. The summed E-state index contributed by atoms with van der Waals surface area (Å²) in [6.07, 6.45) is 1.30. The molecule has 0 heterocycles. The Morgan fingerprint density at radius 2 is 2.06 bits per heavy atom. The highest BCUT2D eigenvalue weighted by atomic mass is 32.2. The Kier molecular flexibility index (Phi) is 5.11. The molecule has 1 aromatic carbocycles. The highest BCUT2D eigenvalue weighted by Crippen LogP contribution is 2.06. The molecule has 6 nitrogen and oxygen atoms in total. The minimum Gasteiger partial charge on any atom is -0.399 e. The van der Waals surface area contributed by atoms with Crippen molar-refractivity contribution < 1.29 is 13.2 Å². The molecule has 0 aliphatic rings. The number of amides is 1. The normalized spacial score (nSPS) is 11.2. The van der Waals surface area contributed by atoms with E-state index in [2.05, 4.69) is 10.0 Å². The zero-order valence-corrected chi connectivity index (χ0v) is 11.0. The number of nitrogen functional groups attached to an aromatic ring is 1. The van der Waals surface area contributed by atoms with E-state index in [0.717, 1.165) is 11.8 Å². The Labute approximate surface area is 107 Å². The maximum atomic E-state index is 11.5. The van der Waals surface area contributed by atoms with Gasteiger partial charge in [0, 0.05) is 18.8 Å². The largest absolute Gasteiger partial charge is 0.399 e. The molecule has 0 bridgehead atoms. The van der Waals surface area contributed by atoms with Crippen LogP contribution in [0.4, 0.5) is 5.69 Å². The van der Waals surface area contributed by atoms with Crippen molar-refractivity contribution in [2.24, 2.45) is 0 Å². The summed E-state index contributed by atoms with van der Waals surface area (Å²) in [7, 11) is -3.20. The van der Waals surface area contributed by atoms with Gasteiger partial charge in [0.15, 0.2) is 0 Å². The Bertz CT molecular complexity index is 514. The maximum absolute atomic E-state index is 11.5. The van der Waals surface area contributed by atoms with Crippen molar-refractivity contribution in [2.45, 2.75) is 6.42 Å². The minimum absolute atomic E-state index is 0.170. The van der Waals surface area contributed by atoms with Crippen LogP contribution in [0.2, 0.25) is 0 Å². The predicted octanol–water partition coefficient (Wildman–Crippen LogP) is -0.523. The van der Waals surface area contributed by atoms with E-state index in [1.165, 1.54) is 0 Å². The molecule has 0 spiro atoms. The van der Waals surface area contributed by atoms with Crippen LogP contribution in [-0.4, -0.2) is 33.7 Å². The number of hydrogen-bond donors (Lipinski definition) is 3. The average Bonchev–Trinajstić information content (AvgIpc) is 2.23. The second kappa shape index (κ2) is 6.36. The zero-order chi connectivity index (χ0) is 13.6. The zero-order valence-electron chi connectivity index (χ0n) is 10.1. The summed E-state index contributed by atoms with van der Waals surface area (Å²) in [5.74, 6) is -0.170. The number of carbonyl (C=O) groups is 1. The third kappa shape index (κ3) is 6.21. The van der Waals surface area contributed by atoms with E-state index in [9.17, 15) is 13.2 Å². The lowest BCUT2D eigenvalue weighted by molar-refractivity contribution is -0.120. The lowest BCUT2D eigenvalue weighted by Gasteiger charge is -2.06. The van der Waals surface area contributed by atoms with Crippen molar-refractivity contribution in [3.63, 3.8) is 0 Å². The van der Waals surface area contributed by atoms with Gasteiger partial charge in [0.2, 0.25) is 15.9 Å². The molecule has 4 N–H and O–H groups in total. The van der Waals surface area contributed by atoms with Gasteiger partial charge in [-0.2, -0.15) is 0 Å². The Morgan fingerprint density at radius 3 is 2.67 bits per heavy atom. The first-order valence-electron chi connectivity index (χ1n) is 5.42. The number of anilines is 1. The molecule has 7 heteroatoms. The highest BCUT2D eigenvalue weighted by molar-refractivity contribution is 7.88. The first-order chi connectivity index (χ1) is 8.37. The monoisotopic (exact) mass is 271 g/mol. The number of hydrogen-bond acceptors (Lipinski definition) is 4. The fourth-order valence-electron chi connectivity index (χ4n) is 1.39. The first-order valence-corrected chi connectivity index (χ1v) is 7.32. The molecule has 0 saturated carbocycles. The van der Waals surface area contributed by atoms with Crippen molar-refractivity contribution in [1.82, 2.24) is 10.0 Å². The van der Waals surface area contributed by atoms with Gasteiger partial charge in [0.1, 0.15) is 0 Å².